The van der Waals surface area contributed by atoms with E-state index in [-0.39, 0.29) is 0 Å². The van der Waals surface area contributed by atoms with Crippen LogP contribution in [0.15, 0.2) is 168 Å². The van der Waals surface area contributed by atoms with Crippen LogP contribution in [0.3, 0.4) is 0 Å². The van der Waals surface area contributed by atoms with Gasteiger partial charge in [-0.3, -0.25) is 0 Å². The lowest BCUT2D eigenvalue weighted by molar-refractivity contribution is 0.670. The summed E-state index contributed by atoms with van der Waals surface area (Å²) < 4.78 is 6.77. The first-order chi connectivity index (χ1) is 25.3. The molecule has 0 aliphatic heterocycles. The van der Waals surface area contributed by atoms with Crippen LogP contribution in [0.25, 0.3) is 111 Å². The number of para-hydroxylation sites is 1. The van der Waals surface area contributed by atoms with E-state index in [0.29, 0.717) is 17.5 Å². The summed E-state index contributed by atoms with van der Waals surface area (Å²) in [7, 11) is 0. The molecule has 4 heteroatoms. The predicted octanol–water partition coefficient (Wildman–Crippen LogP) is 12.4. The zero-order valence-electron chi connectivity index (χ0n) is 27.3. The minimum atomic E-state index is 0.612. The minimum absolute atomic E-state index is 0.612. The first-order valence-electron chi connectivity index (χ1n) is 17.2. The number of aromatic nitrogens is 3. The van der Waals surface area contributed by atoms with Gasteiger partial charge < -0.3 is 4.42 Å². The molecule has 51 heavy (non-hydrogen) atoms. The Balaban J connectivity index is 1.17. The molecule has 236 valence electrons. The fraction of sp³-hybridized carbons (Fsp3) is 0. The molecule has 0 bridgehead atoms. The molecule has 10 aromatic rings. The molecule has 0 saturated carbocycles. The van der Waals surface area contributed by atoms with Crippen molar-refractivity contribution in [2.75, 3.05) is 0 Å². The van der Waals surface area contributed by atoms with Crippen LogP contribution in [0.4, 0.5) is 0 Å². The molecular formula is C47H27N3O. The van der Waals surface area contributed by atoms with Crippen LogP contribution in [-0.2, 0) is 0 Å². The smallest absolute Gasteiger partial charge is 0.164 e. The summed E-state index contributed by atoms with van der Waals surface area (Å²) in [4.78, 5) is 15.6. The molecule has 0 saturated heterocycles. The quantitative estimate of drug-likeness (QED) is 0.190. The van der Waals surface area contributed by atoms with Crippen molar-refractivity contribution in [1.82, 2.24) is 15.0 Å². The fourth-order valence-corrected chi connectivity index (χ4v) is 7.87. The summed E-state index contributed by atoms with van der Waals surface area (Å²) >= 11 is 0. The van der Waals surface area contributed by atoms with E-state index in [1.54, 1.807) is 0 Å². The van der Waals surface area contributed by atoms with Gasteiger partial charge in [0.15, 0.2) is 17.5 Å². The third-order valence-corrected chi connectivity index (χ3v) is 10.2. The van der Waals surface area contributed by atoms with Gasteiger partial charge in [-0.1, -0.05) is 140 Å². The molecule has 11 rings (SSSR count). The largest absolute Gasteiger partial charge is 0.455 e. The molecule has 0 N–H and O–H groups in total. The molecule has 8 aromatic carbocycles. The Labute approximate surface area is 293 Å². The van der Waals surface area contributed by atoms with Gasteiger partial charge in [-0.2, -0.15) is 0 Å². The van der Waals surface area contributed by atoms with Crippen molar-refractivity contribution < 1.29 is 4.42 Å². The summed E-state index contributed by atoms with van der Waals surface area (Å²) in [5, 5.41) is 6.81. The average molecular weight is 650 g/mol. The Morgan fingerprint density at radius 1 is 0.353 bits per heavy atom. The van der Waals surface area contributed by atoms with Gasteiger partial charge in [-0.05, 0) is 73.6 Å². The highest BCUT2D eigenvalue weighted by Crippen LogP contribution is 2.53. The maximum absolute atomic E-state index is 6.77. The van der Waals surface area contributed by atoms with E-state index >= 15 is 0 Å². The number of furan rings is 1. The summed E-state index contributed by atoms with van der Waals surface area (Å²) in [6.07, 6.45) is 0. The molecule has 0 fully saturated rings. The Morgan fingerprint density at radius 2 is 0.980 bits per heavy atom. The number of hydrogen-bond donors (Lipinski definition) is 0. The number of hydrogen-bond acceptors (Lipinski definition) is 4. The first kappa shape index (κ1) is 28.0. The van der Waals surface area contributed by atoms with E-state index in [1.165, 1.54) is 33.0 Å². The van der Waals surface area contributed by atoms with Gasteiger partial charge in [0.2, 0.25) is 0 Å². The van der Waals surface area contributed by atoms with E-state index < -0.39 is 0 Å². The fourth-order valence-electron chi connectivity index (χ4n) is 7.87. The van der Waals surface area contributed by atoms with Gasteiger partial charge in [0.1, 0.15) is 11.2 Å². The molecule has 1 aliphatic carbocycles. The normalized spacial score (nSPS) is 11.9. The molecule has 0 spiro atoms. The van der Waals surface area contributed by atoms with Crippen molar-refractivity contribution in [3.05, 3.63) is 164 Å². The summed E-state index contributed by atoms with van der Waals surface area (Å²) in [6.45, 7) is 0. The maximum Gasteiger partial charge on any atom is 0.164 e. The summed E-state index contributed by atoms with van der Waals surface area (Å²) in [5.74, 6) is 1.86. The highest BCUT2D eigenvalue weighted by Gasteiger charge is 2.29. The zero-order valence-corrected chi connectivity index (χ0v) is 27.3. The lowest BCUT2D eigenvalue weighted by atomic mass is 9.95. The van der Waals surface area contributed by atoms with Crippen molar-refractivity contribution in [3.8, 4) is 67.5 Å². The van der Waals surface area contributed by atoms with Crippen LogP contribution in [0.5, 0.6) is 0 Å². The SMILES string of the molecule is c1ccc(-c2ccc3cc(-c4nc(-c5ccccc5)nc(-c5cc6c(c7oc8ccccc8c57)-c5cccc7cccc-6c57)n4)ccc3c2)cc1. The van der Waals surface area contributed by atoms with Crippen LogP contribution in [0.1, 0.15) is 0 Å². The van der Waals surface area contributed by atoms with Gasteiger partial charge >= 0.3 is 0 Å². The number of rotatable bonds is 4. The second kappa shape index (κ2) is 10.8. The van der Waals surface area contributed by atoms with Gasteiger partial charge in [0.05, 0.1) is 0 Å². The van der Waals surface area contributed by atoms with Crippen LogP contribution in [0, 0.1) is 0 Å². The minimum Gasteiger partial charge on any atom is -0.455 e. The molecule has 2 heterocycles. The van der Waals surface area contributed by atoms with E-state index in [0.717, 1.165) is 60.5 Å². The number of benzene rings is 8. The summed E-state index contributed by atoms with van der Waals surface area (Å²) in [5.41, 5.74) is 11.5. The van der Waals surface area contributed by atoms with Crippen molar-refractivity contribution in [1.29, 1.82) is 0 Å². The van der Waals surface area contributed by atoms with E-state index in [4.69, 9.17) is 19.4 Å². The van der Waals surface area contributed by atoms with Crippen LogP contribution < -0.4 is 0 Å². The standard InChI is InChI=1S/C47H27N3O/c1-3-11-28(12-4-1)31-21-22-33-26-34(24-23-32(33)25-31)46-48-45(30-13-5-2-6-14-30)49-47(50-46)39-27-38-35-18-9-15-29-16-10-19-37(41(29)35)43(38)44-42(39)36-17-7-8-20-40(36)51-44/h1-27H. The lowest BCUT2D eigenvalue weighted by Gasteiger charge is -2.12. The second-order valence-electron chi connectivity index (χ2n) is 13.2. The molecule has 0 atom stereocenters. The Hall–Kier alpha value is -6.91. The van der Waals surface area contributed by atoms with E-state index in [9.17, 15) is 0 Å². The highest BCUT2D eigenvalue weighted by molar-refractivity contribution is 6.26. The van der Waals surface area contributed by atoms with Gasteiger partial charge in [0, 0.05) is 33.0 Å². The monoisotopic (exact) mass is 649 g/mol. The number of nitrogens with zero attached hydrogens (tertiary/aromatic N) is 3. The Bertz CT molecular complexity index is 3010. The summed E-state index contributed by atoms with van der Waals surface area (Å²) in [6, 6.07) is 57.3. The van der Waals surface area contributed by atoms with Crippen LogP contribution in [-0.4, -0.2) is 15.0 Å². The Kier molecular flexibility index (Phi) is 5.92. The second-order valence-corrected chi connectivity index (χ2v) is 13.2. The number of fused-ring (bicyclic) bond motifs is 8. The van der Waals surface area contributed by atoms with Crippen molar-refractivity contribution in [3.63, 3.8) is 0 Å². The van der Waals surface area contributed by atoms with Gasteiger partial charge in [0.25, 0.3) is 0 Å². The maximum atomic E-state index is 6.77. The third kappa shape index (κ3) is 4.30. The van der Waals surface area contributed by atoms with Crippen LogP contribution >= 0.6 is 0 Å². The third-order valence-electron chi connectivity index (χ3n) is 10.2. The van der Waals surface area contributed by atoms with Gasteiger partial charge in [-0.15, -0.1) is 0 Å². The molecule has 0 amide bonds. The van der Waals surface area contributed by atoms with Crippen LogP contribution in [0.2, 0.25) is 0 Å². The van der Waals surface area contributed by atoms with Gasteiger partial charge in [-0.25, -0.2) is 15.0 Å². The first-order valence-corrected chi connectivity index (χ1v) is 17.2. The van der Waals surface area contributed by atoms with Crippen molar-refractivity contribution in [2.45, 2.75) is 0 Å². The lowest BCUT2D eigenvalue weighted by Crippen LogP contribution is -2.01. The highest BCUT2D eigenvalue weighted by atomic mass is 16.3. The molecule has 0 unspecified atom stereocenters. The molecule has 4 nitrogen and oxygen atoms in total. The molecule has 1 aliphatic rings. The Morgan fingerprint density at radius 3 is 1.76 bits per heavy atom. The average Bonchev–Trinajstić information content (AvgIpc) is 3.75. The predicted molar refractivity (Wildman–Crippen MR) is 208 cm³/mol. The van der Waals surface area contributed by atoms with Crippen molar-refractivity contribution in [2.24, 2.45) is 0 Å². The van der Waals surface area contributed by atoms with Crippen molar-refractivity contribution >= 4 is 43.5 Å². The zero-order chi connectivity index (χ0) is 33.5. The molecule has 0 radical (unpaired) electrons. The molecule has 2 aromatic heterocycles. The van der Waals surface area contributed by atoms with E-state index in [2.05, 4.69) is 127 Å². The molecular weight excluding hydrogens is 623 g/mol. The van der Waals surface area contributed by atoms with E-state index in [1.807, 2.05) is 36.4 Å². The topological polar surface area (TPSA) is 51.8 Å².